The number of nitrogens with one attached hydrogen (secondary N) is 1. The first-order valence-corrected chi connectivity index (χ1v) is 5.50. The maximum Gasteiger partial charge on any atom is 0.237 e. The number of carbonyl (C=O) groups excluding carboxylic acids is 1. The molecule has 0 unspecified atom stereocenters. The van der Waals surface area contributed by atoms with Crippen molar-refractivity contribution in [2.75, 3.05) is 6.54 Å². The Morgan fingerprint density at radius 2 is 2.27 bits per heavy atom. The van der Waals surface area contributed by atoms with Gasteiger partial charge in [-0.25, -0.2) is 0 Å². The second-order valence-electron chi connectivity index (χ2n) is 4.41. The zero-order valence-corrected chi connectivity index (χ0v) is 9.66. The van der Waals surface area contributed by atoms with Gasteiger partial charge >= 0.3 is 0 Å². The minimum absolute atomic E-state index is 0.0419. The number of hydrogen-bond acceptors (Lipinski definition) is 3. The summed E-state index contributed by atoms with van der Waals surface area (Å²) in [5.41, 5.74) is 0. The van der Waals surface area contributed by atoms with Gasteiger partial charge in [0, 0.05) is 12.1 Å². The predicted octanol–water partition coefficient (Wildman–Crippen LogP) is 0.887. The van der Waals surface area contributed by atoms with E-state index in [2.05, 4.69) is 11.4 Å². The second kappa shape index (κ2) is 5.13. The molecule has 0 saturated carbocycles. The molecule has 0 aliphatic carbocycles. The van der Waals surface area contributed by atoms with Crippen molar-refractivity contribution < 1.29 is 4.79 Å². The molecule has 0 radical (unpaired) electrons. The standard InChI is InChI=1S/C11H19N3O/c1-8(2)13-7-11(15)14-9(3)4-5-10(14)6-12/h8-10,13H,4-5,7H2,1-3H3/t9-,10-/m0/s1. The lowest BCUT2D eigenvalue weighted by molar-refractivity contribution is -0.132. The first kappa shape index (κ1) is 12.0. The molecule has 1 N–H and O–H groups in total. The summed E-state index contributed by atoms with van der Waals surface area (Å²) < 4.78 is 0. The summed E-state index contributed by atoms with van der Waals surface area (Å²) in [6.45, 7) is 6.34. The summed E-state index contributed by atoms with van der Waals surface area (Å²) in [6, 6.07) is 2.47. The Bertz CT molecular complexity index is 269. The summed E-state index contributed by atoms with van der Waals surface area (Å²) >= 11 is 0. The molecule has 4 nitrogen and oxygen atoms in total. The third-order valence-electron chi connectivity index (χ3n) is 2.77. The van der Waals surface area contributed by atoms with Gasteiger partial charge in [0.2, 0.25) is 5.91 Å². The van der Waals surface area contributed by atoms with Gasteiger partial charge in [0.25, 0.3) is 0 Å². The van der Waals surface area contributed by atoms with Gasteiger partial charge in [0.15, 0.2) is 0 Å². The predicted molar refractivity (Wildman–Crippen MR) is 58.1 cm³/mol. The molecule has 4 heteroatoms. The number of nitrogens with zero attached hydrogens (tertiary/aromatic N) is 2. The van der Waals surface area contributed by atoms with Crippen molar-refractivity contribution in [1.29, 1.82) is 5.26 Å². The van der Waals surface area contributed by atoms with Crippen LogP contribution in [-0.2, 0) is 4.79 Å². The fourth-order valence-corrected chi connectivity index (χ4v) is 1.91. The largest absolute Gasteiger partial charge is 0.323 e. The Hall–Kier alpha value is -1.08. The van der Waals surface area contributed by atoms with Crippen LogP contribution in [0.5, 0.6) is 0 Å². The van der Waals surface area contributed by atoms with Crippen molar-refractivity contribution in [3.05, 3.63) is 0 Å². The van der Waals surface area contributed by atoms with Crippen LogP contribution < -0.4 is 5.32 Å². The lowest BCUT2D eigenvalue weighted by Gasteiger charge is -2.25. The third-order valence-corrected chi connectivity index (χ3v) is 2.77. The van der Waals surface area contributed by atoms with E-state index in [0.29, 0.717) is 12.6 Å². The lowest BCUT2D eigenvalue weighted by Crippen LogP contribution is -2.45. The number of rotatable bonds is 3. The summed E-state index contributed by atoms with van der Waals surface area (Å²) in [5, 5.41) is 12.0. The molecule has 0 aromatic carbocycles. The number of carbonyl (C=O) groups is 1. The number of hydrogen-bond donors (Lipinski definition) is 1. The van der Waals surface area contributed by atoms with Gasteiger partial charge in [-0.05, 0) is 19.8 Å². The molecule has 1 saturated heterocycles. The van der Waals surface area contributed by atoms with Crippen molar-refractivity contribution in [3.8, 4) is 6.07 Å². The van der Waals surface area contributed by atoms with E-state index >= 15 is 0 Å². The number of nitriles is 1. The third kappa shape index (κ3) is 2.93. The molecule has 0 aromatic rings. The van der Waals surface area contributed by atoms with E-state index in [-0.39, 0.29) is 18.0 Å². The van der Waals surface area contributed by atoms with Crippen molar-refractivity contribution >= 4 is 5.91 Å². The average Bonchev–Trinajstić information content (AvgIpc) is 2.56. The van der Waals surface area contributed by atoms with Gasteiger partial charge in [-0.2, -0.15) is 5.26 Å². The SMILES string of the molecule is CC(C)NCC(=O)N1[C@H](C#N)CC[C@@H]1C. The van der Waals surface area contributed by atoms with Gasteiger partial charge in [-0.15, -0.1) is 0 Å². The maximum absolute atomic E-state index is 11.8. The van der Waals surface area contributed by atoms with E-state index < -0.39 is 0 Å². The molecule has 1 heterocycles. The molecule has 1 fully saturated rings. The molecule has 1 amide bonds. The van der Waals surface area contributed by atoms with Crippen LogP contribution in [0.15, 0.2) is 0 Å². The Kier molecular flexibility index (Phi) is 4.10. The van der Waals surface area contributed by atoms with Crippen LogP contribution in [-0.4, -0.2) is 35.5 Å². The summed E-state index contributed by atoms with van der Waals surface area (Å²) in [6.07, 6.45) is 1.75. The lowest BCUT2D eigenvalue weighted by atomic mass is 10.2. The molecule has 1 rings (SSSR count). The molecule has 0 spiro atoms. The molecule has 1 aliphatic heterocycles. The highest BCUT2D eigenvalue weighted by Crippen LogP contribution is 2.23. The van der Waals surface area contributed by atoms with Crippen LogP contribution in [0.1, 0.15) is 33.6 Å². The van der Waals surface area contributed by atoms with Crippen LogP contribution in [0.25, 0.3) is 0 Å². The Morgan fingerprint density at radius 3 is 2.80 bits per heavy atom. The van der Waals surface area contributed by atoms with Crippen LogP contribution in [0.4, 0.5) is 0 Å². The van der Waals surface area contributed by atoms with Crippen molar-refractivity contribution in [2.24, 2.45) is 0 Å². The zero-order valence-electron chi connectivity index (χ0n) is 9.66. The van der Waals surface area contributed by atoms with Gasteiger partial charge in [0.1, 0.15) is 6.04 Å². The van der Waals surface area contributed by atoms with E-state index in [4.69, 9.17) is 5.26 Å². The smallest absolute Gasteiger partial charge is 0.237 e. The van der Waals surface area contributed by atoms with Crippen LogP contribution >= 0.6 is 0 Å². The van der Waals surface area contributed by atoms with Gasteiger partial charge in [-0.1, -0.05) is 13.8 Å². The molecular weight excluding hydrogens is 190 g/mol. The minimum atomic E-state index is -0.221. The van der Waals surface area contributed by atoms with E-state index in [0.717, 1.165) is 12.8 Å². The maximum atomic E-state index is 11.8. The highest BCUT2D eigenvalue weighted by molar-refractivity contribution is 5.79. The van der Waals surface area contributed by atoms with Gasteiger partial charge < -0.3 is 10.2 Å². The van der Waals surface area contributed by atoms with E-state index in [1.165, 1.54) is 0 Å². The summed E-state index contributed by atoms with van der Waals surface area (Å²) in [4.78, 5) is 13.6. The van der Waals surface area contributed by atoms with Gasteiger partial charge in [-0.3, -0.25) is 4.79 Å². The highest BCUT2D eigenvalue weighted by atomic mass is 16.2. The first-order valence-electron chi connectivity index (χ1n) is 5.50. The molecule has 15 heavy (non-hydrogen) atoms. The van der Waals surface area contributed by atoms with Crippen LogP contribution in [0.2, 0.25) is 0 Å². The van der Waals surface area contributed by atoms with Gasteiger partial charge in [0.05, 0.1) is 12.6 Å². The summed E-state index contributed by atoms with van der Waals surface area (Å²) in [7, 11) is 0. The van der Waals surface area contributed by atoms with E-state index in [9.17, 15) is 4.79 Å². The van der Waals surface area contributed by atoms with E-state index in [1.807, 2.05) is 20.8 Å². The quantitative estimate of drug-likeness (QED) is 0.751. The topological polar surface area (TPSA) is 56.1 Å². The van der Waals surface area contributed by atoms with Crippen LogP contribution in [0, 0.1) is 11.3 Å². The molecule has 0 aromatic heterocycles. The fraction of sp³-hybridized carbons (Fsp3) is 0.818. The van der Waals surface area contributed by atoms with Crippen molar-refractivity contribution in [3.63, 3.8) is 0 Å². The highest BCUT2D eigenvalue weighted by Gasteiger charge is 2.33. The molecule has 84 valence electrons. The number of amides is 1. The first-order chi connectivity index (χ1) is 7.06. The normalized spacial score (nSPS) is 25.7. The Balaban J connectivity index is 2.53. The zero-order chi connectivity index (χ0) is 11.4. The Morgan fingerprint density at radius 1 is 1.60 bits per heavy atom. The Labute approximate surface area is 91.2 Å². The molecule has 2 atom stereocenters. The number of likely N-dealkylation sites (tertiary alicyclic amines) is 1. The monoisotopic (exact) mass is 209 g/mol. The second-order valence-corrected chi connectivity index (χ2v) is 4.41. The minimum Gasteiger partial charge on any atom is -0.323 e. The summed E-state index contributed by atoms with van der Waals surface area (Å²) in [5.74, 6) is 0.0419. The van der Waals surface area contributed by atoms with E-state index in [1.54, 1.807) is 4.90 Å². The molecule has 1 aliphatic rings. The fourth-order valence-electron chi connectivity index (χ4n) is 1.91. The molecular formula is C11H19N3O. The van der Waals surface area contributed by atoms with Crippen molar-refractivity contribution in [1.82, 2.24) is 10.2 Å². The van der Waals surface area contributed by atoms with Crippen molar-refractivity contribution in [2.45, 2.75) is 51.7 Å². The van der Waals surface area contributed by atoms with Crippen LogP contribution in [0.3, 0.4) is 0 Å². The average molecular weight is 209 g/mol. The molecule has 0 bridgehead atoms.